The van der Waals surface area contributed by atoms with Crippen LogP contribution in [-0.4, -0.2) is 46.8 Å². The Morgan fingerprint density at radius 1 is 1.12 bits per heavy atom. The lowest BCUT2D eigenvalue weighted by Gasteiger charge is -2.19. The molecule has 2 heterocycles. The van der Waals surface area contributed by atoms with Gasteiger partial charge in [0.05, 0.1) is 5.39 Å². The molecule has 3 rings (SSSR count). The Hall–Kier alpha value is -2.21. The molecule has 0 unspecified atom stereocenters. The number of rotatable bonds is 4. The maximum Gasteiger partial charge on any atom is 0.274 e. The minimum Gasteiger partial charge on any atom is -0.349 e. The van der Waals surface area contributed by atoms with Crippen molar-refractivity contribution in [1.29, 1.82) is 0 Å². The summed E-state index contributed by atoms with van der Waals surface area (Å²) >= 11 is 0. The summed E-state index contributed by atoms with van der Waals surface area (Å²) in [5.41, 5.74) is 0.121. The van der Waals surface area contributed by atoms with Gasteiger partial charge in [0.1, 0.15) is 0 Å². The van der Waals surface area contributed by atoms with Crippen molar-refractivity contribution in [3.63, 3.8) is 0 Å². The van der Waals surface area contributed by atoms with Gasteiger partial charge in [-0.25, -0.2) is 4.68 Å². The molecule has 1 fully saturated rings. The number of aromatic nitrogens is 2. The van der Waals surface area contributed by atoms with Gasteiger partial charge in [-0.3, -0.25) is 9.59 Å². The van der Waals surface area contributed by atoms with Crippen LogP contribution in [0.4, 0.5) is 0 Å². The minimum absolute atomic E-state index is 0.188. The van der Waals surface area contributed by atoms with Crippen LogP contribution in [-0.2, 0) is 7.05 Å². The van der Waals surface area contributed by atoms with Gasteiger partial charge in [-0.15, -0.1) is 0 Å². The van der Waals surface area contributed by atoms with E-state index in [9.17, 15) is 9.59 Å². The Kier molecular flexibility index (Phi) is 5.25. The van der Waals surface area contributed by atoms with Crippen LogP contribution in [0.15, 0.2) is 29.1 Å². The molecule has 1 amide bonds. The van der Waals surface area contributed by atoms with Gasteiger partial charge in [0.25, 0.3) is 11.5 Å². The van der Waals surface area contributed by atoms with Crippen molar-refractivity contribution in [3.8, 4) is 0 Å². The van der Waals surface area contributed by atoms with E-state index in [-0.39, 0.29) is 11.5 Å². The lowest BCUT2D eigenvalue weighted by Crippen LogP contribution is -2.36. The summed E-state index contributed by atoms with van der Waals surface area (Å²) < 4.78 is 1.23. The first kappa shape index (κ1) is 16.6. The molecule has 0 bridgehead atoms. The van der Waals surface area contributed by atoms with Gasteiger partial charge < -0.3 is 10.2 Å². The van der Waals surface area contributed by atoms with Crippen molar-refractivity contribution < 1.29 is 4.79 Å². The normalized spacial score (nSPS) is 16.0. The topological polar surface area (TPSA) is 67.2 Å². The monoisotopic (exact) mass is 328 g/mol. The molecule has 0 aliphatic carbocycles. The number of likely N-dealkylation sites (tertiary alicyclic amines) is 1. The Balaban J connectivity index is 1.70. The largest absolute Gasteiger partial charge is 0.349 e. The lowest BCUT2D eigenvalue weighted by atomic mass is 10.1. The van der Waals surface area contributed by atoms with Gasteiger partial charge in [0, 0.05) is 25.5 Å². The minimum atomic E-state index is -0.225. The Morgan fingerprint density at radius 3 is 2.50 bits per heavy atom. The van der Waals surface area contributed by atoms with E-state index in [1.54, 1.807) is 25.2 Å². The number of nitrogens with one attached hydrogen (secondary N) is 1. The Labute approximate surface area is 141 Å². The molecule has 6 nitrogen and oxygen atoms in total. The average molecular weight is 328 g/mol. The van der Waals surface area contributed by atoms with Crippen molar-refractivity contribution in [2.45, 2.75) is 25.7 Å². The average Bonchev–Trinajstić information content (AvgIpc) is 2.87. The number of fused-ring (bicyclic) bond motifs is 1. The van der Waals surface area contributed by atoms with Gasteiger partial charge in [0.15, 0.2) is 5.69 Å². The van der Waals surface area contributed by atoms with Crippen LogP contribution in [0, 0.1) is 0 Å². The van der Waals surface area contributed by atoms with Crippen LogP contribution in [0.2, 0.25) is 0 Å². The molecular formula is C18H24N4O2. The molecule has 6 heteroatoms. The van der Waals surface area contributed by atoms with Crippen molar-refractivity contribution >= 4 is 16.7 Å². The van der Waals surface area contributed by atoms with Crippen molar-refractivity contribution in [1.82, 2.24) is 20.0 Å². The molecule has 0 radical (unpaired) electrons. The maximum absolute atomic E-state index is 12.5. The zero-order valence-corrected chi connectivity index (χ0v) is 14.1. The van der Waals surface area contributed by atoms with Crippen LogP contribution >= 0.6 is 0 Å². The molecule has 1 aliphatic heterocycles. The van der Waals surface area contributed by atoms with E-state index in [4.69, 9.17) is 0 Å². The highest BCUT2D eigenvalue weighted by Crippen LogP contribution is 2.13. The summed E-state index contributed by atoms with van der Waals surface area (Å²) in [6.07, 6.45) is 5.08. The quantitative estimate of drug-likeness (QED) is 0.924. The Bertz CT molecular complexity index is 776. The molecule has 0 saturated carbocycles. The number of aryl methyl sites for hydroxylation is 1. The number of benzene rings is 1. The molecule has 1 N–H and O–H groups in total. The van der Waals surface area contributed by atoms with Gasteiger partial charge in [-0.1, -0.05) is 31.0 Å². The summed E-state index contributed by atoms with van der Waals surface area (Å²) in [5, 5.41) is 8.23. The third-order valence-electron chi connectivity index (χ3n) is 4.58. The summed E-state index contributed by atoms with van der Waals surface area (Å²) in [6.45, 7) is 3.67. The second-order valence-electron chi connectivity index (χ2n) is 6.33. The predicted molar refractivity (Wildman–Crippen MR) is 94.2 cm³/mol. The first-order valence-corrected chi connectivity index (χ1v) is 8.63. The highest BCUT2D eigenvalue weighted by molar-refractivity contribution is 6.04. The molecule has 0 atom stereocenters. The van der Waals surface area contributed by atoms with E-state index in [1.807, 2.05) is 6.07 Å². The van der Waals surface area contributed by atoms with Crippen LogP contribution in [0.5, 0.6) is 0 Å². The van der Waals surface area contributed by atoms with E-state index in [1.165, 1.54) is 30.4 Å². The molecule has 1 aromatic heterocycles. The van der Waals surface area contributed by atoms with Crippen molar-refractivity contribution in [3.05, 3.63) is 40.3 Å². The molecule has 24 heavy (non-hydrogen) atoms. The molecule has 2 aromatic rings. The summed E-state index contributed by atoms with van der Waals surface area (Å²) in [4.78, 5) is 27.0. The van der Waals surface area contributed by atoms with Crippen molar-refractivity contribution in [2.75, 3.05) is 26.2 Å². The van der Waals surface area contributed by atoms with Gasteiger partial charge >= 0.3 is 0 Å². The fourth-order valence-corrected chi connectivity index (χ4v) is 3.24. The lowest BCUT2D eigenvalue weighted by molar-refractivity contribution is 0.0943. The molecule has 1 aromatic carbocycles. The molecule has 0 spiro atoms. The number of amides is 1. The standard InChI is InChI=1S/C18H24N4O2/c1-21-18(24)15-9-5-4-8-14(15)16(20-21)17(23)19-10-13-22-11-6-2-3-7-12-22/h4-5,8-9H,2-3,6-7,10-13H2,1H3,(H,19,23). The van der Waals surface area contributed by atoms with Crippen LogP contribution in [0.3, 0.4) is 0 Å². The van der Waals surface area contributed by atoms with Gasteiger partial charge in [-0.2, -0.15) is 5.10 Å². The summed E-state index contributed by atoms with van der Waals surface area (Å²) in [7, 11) is 1.57. The zero-order valence-electron chi connectivity index (χ0n) is 14.1. The van der Waals surface area contributed by atoms with E-state index >= 15 is 0 Å². The van der Waals surface area contributed by atoms with Crippen LogP contribution < -0.4 is 10.9 Å². The van der Waals surface area contributed by atoms with Crippen LogP contribution in [0.1, 0.15) is 36.2 Å². The SMILES string of the molecule is Cn1nc(C(=O)NCCN2CCCCCC2)c2ccccc2c1=O. The zero-order chi connectivity index (χ0) is 16.9. The van der Waals surface area contributed by atoms with E-state index in [2.05, 4.69) is 15.3 Å². The van der Waals surface area contributed by atoms with E-state index in [0.29, 0.717) is 23.0 Å². The second-order valence-corrected chi connectivity index (χ2v) is 6.33. The smallest absolute Gasteiger partial charge is 0.274 e. The number of hydrogen-bond donors (Lipinski definition) is 1. The predicted octanol–water partition coefficient (Wildman–Crippen LogP) is 1.54. The molecule has 1 aliphatic rings. The van der Waals surface area contributed by atoms with Gasteiger partial charge in [0.2, 0.25) is 0 Å². The van der Waals surface area contributed by atoms with Crippen LogP contribution in [0.25, 0.3) is 10.8 Å². The third-order valence-corrected chi connectivity index (χ3v) is 4.58. The molecule has 1 saturated heterocycles. The number of nitrogens with zero attached hydrogens (tertiary/aromatic N) is 3. The van der Waals surface area contributed by atoms with E-state index in [0.717, 1.165) is 19.6 Å². The summed E-state index contributed by atoms with van der Waals surface area (Å²) in [6, 6.07) is 7.11. The Morgan fingerprint density at radius 2 is 1.79 bits per heavy atom. The number of hydrogen-bond acceptors (Lipinski definition) is 4. The molecule has 128 valence electrons. The van der Waals surface area contributed by atoms with Gasteiger partial charge in [-0.05, 0) is 32.0 Å². The highest BCUT2D eigenvalue weighted by atomic mass is 16.2. The van der Waals surface area contributed by atoms with E-state index < -0.39 is 0 Å². The molecular weight excluding hydrogens is 304 g/mol. The maximum atomic E-state index is 12.5. The fraction of sp³-hybridized carbons (Fsp3) is 0.500. The number of carbonyl (C=O) groups is 1. The first-order chi connectivity index (χ1) is 11.7. The number of carbonyl (C=O) groups excluding carboxylic acids is 1. The van der Waals surface area contributed by atoms with Crippen molar-refractivity contribution in [2.24, 2.45) is 7.05 Å². The fourth-order valence-electron chi connectivity index (χ4n) is 3.24. The highest BCUT2D eigenvalue weighted by Gasteiger charge is 2.15. The third kappa shape index (κ3) is 3.64. The first-order valence-electron chi connectivity index (χ1n) is 8.63. The second kappa shape index (κ2) is 7.57. The summed E-state index contributed by atoms with van der Waals surface area (Å²) in [5.74, 6) is -0.225.